The van der Waals surface area contributed by atoms with Crippen LogP contribution in [0.5, 0.6) is 0 Å². The van der Waals surface area contributed by atoms with E-state index in [1.54, 1.807) is 0 Å². The van der Waals surface area contributed by atoms with Crippen LogP contribution in [0.25, 0.3) is 0 Å². The summed E-state index contributed by atoms with van der Waals surface area (Å²) in [5.41, 5.74) is 0.409. The Bertz CT molecular complexity index is 510. The van der Waals surface area contributed by atoms with Crippen molar-refractivity contribution in [1.82, 2.24) is 0 Å². The molecule has 1 aromatic rings. The van der Waals surface area contributed by atoms with Gasteiger partial charge >= 0.3 is 5.97 Å². The van der Waals surface area contributed by atoms with Gasteiger partial charge in [-0.15, -0.1) is 0 Å². The monoisotopic (exact) mass is 416 g/mol. The van der Waals surface area contributed by atoms with E-state index in [9.17, 15) is 4.79 Å². The highest BCUT2D eigenvalue weighted by atomic mass is 79.9. The fourth-order valence-corrected chi connectivity index (χ4v) is 6.34. The Morgan fingerprint density at radius 1 is 1.30 bits per heavy atom. The van der Waals surface area contributed by atoms with Gasteiger partial charge in [-0.3, -0.25) is 4.79 Å². The Morgan fingerprint density at radius 3 is 2.55 bits per heavy atom. The molecule has 1 aliphatic heterocycles. The molecule has 0 spiro atoms. The van der Waals surface area contributed by atoms with Crippen molar-refractivity contribution in [3.05, 3.63) is 39.8 Å². The number of ether oxygens (including phenoxy) is 1. The van der Waals surface area contributed by atoms with Gasteiger partial charge in [0, 0.05) is 6.42 Å². The summed E-state index contributed by atoms with van der Waals surface area (Å²) in [6, 6.07) is 10.6. The lowest BCUT2D eigenvalue weighted by Crippen LogP contribution is -2.49. The van der Waals surface area contributed by atoms with Gasteiger partial charge in [-0.1, -0.05) is 48.6 Å². The molecule has 0 aromatic heterocycles. The van der Waals surface area contributed by atoms with Crippen LogP contribution in [0.3, 0.4) is 0 Å². The SMILES string of the molecule is C[Si](C)(c1ccccc1)[C@H]1CC(=O)O[C@H](C=C(Br)Br)C1. The number of rotatable bonds is 3. The van der Waals surface area contributed by atoms with Gasteiger partial charge in [0.25, 0.3) is 0 Å². The Balaban J connectivity index is 2.22. The number of cyclic esters (lactones) is 1. The van der Waals surface area contributed by atoms with Crippen molar-refractivity contribution in [3.63, 3.8) is 0 Å². The number of carbonyl (C=O) groups excluding carboxylic acids is 1. The molecule has 1 saturated heterocycles. The molecule has 0 bridgehead atoms. The normalized spacial score (nSPS) is 23.1. The molecule has 2 rings (SSSR count). The van der Waals surface area contributed by atoms with Crippen LogP contribution < -0.4 is 5.19 Å². The maximum atomic E-state index is 11.9. The molecule has 0 amide bonds. The van der Waals surface area contributed by atoms with E-state index >= 15 is 0 Å². The fraction of sp³-hybridized carbons (Fsp3) is 0.400. The summed E-state index contributed by atoms with van der Waals surface area (Å²) in [6.45, 7) is 4.69. The van der Waals surface area contributed by atoms with E-state index in [4.69, 9.17) is 4.74 Å². The molecule has 20 heavy (non-hydrogen) atoms. The van der Waals surface area contributed by atoms with Gasteiger partial charge in [-0.2, -0.15) is 0 Å². The van der Waals surface area contributed by atoms with Gasteiger partial charge in [-0.05, 0) is 49.9 Å². The molecule has 0 aliphatic carbocycles. The van der Waals surface area contributed by atoms with Gasteiger partial charge in [-0.25, -0.2) is 0 Å². The second-order valence-electron chi connectivity index (χ2n) is 5.71. The van der Waals surface area contributed by atoms with Crippen LogP contribution >= 0.6 is 31.9 Å². The largest absolute Gasteiger partial charge is 0.458 e. The molecule has 2 nitrogen and oxygen atoms in total. The molecule has 108 valence electrons. The summed E-state index contributed by atoms with van der Waals surface area (Å²) in [5.74, 6) is -0.0831. The second kappa shape index (κ2) is 6.58. The van der Waals surface area contributed by atoms with Gasteiger partial charge in [0.15, 0.2) is 0 Å². The summed E-state index contributed by atoms with van der Waals surface area (Å²) < 4.78 is 6.24. The average molecular weight is 418 g/mol. The van der Waals surface area contributed by atoms with E-state index in [2.05, 4.69) is 69.2 Å². The fourth-order valence-electron chi connectivity index (χ4n) is 2.73. The molecule has 0 N–H and O–H groups in total. The zero-order valence-electron chi connectivity index (χ0n) is 11.6. The first-order valence-corrected chi connectivity index (χ1v) is 11.3. The van der Waals surface area contributed by atoms with Gasteiger partial charge in [0.2, 0.25) is 0 Å². The summed E-state index contributed by atoms with van der Waals surface area (Å²) in [5, 5.41) is 1.40. The first kappa shape index (κ1) is 16.0. The zero-order chi connectivity index (χ0) is 14.8. The van der Waals surface area contributed by atoms with Crippen LogP contribution in [0.4, 0.5) is 0 Å². The van der Waals surface area contributed by atoms with Gasteiger partial charge in [0.1, 0.15) is 6.10 Å². The van der Waals surface area contributed by atoms with Crippen LogP contribution in [0.1, 0.15) is 12.8 Å². The highest BCUT2D eigenvalue weighted by molar-refractivity contribution is 9.28. The minimum absolute atomic E-state index is 0.0831. The van der Waals surface area contributed by atoms with E-state index in [0.29, 0.717) is 12.0 Å². The van der Waals surface area contributed by atoms with E-state index in [1.807, 2.05) is 12.1 Å². The maximum absolute atomic E-state index is 11.9. The highest BCUT2D eigenvalue weighted by Gasteiger charge is 2.40. The van der Waals surface area contributed by atoms with Crippen molar-refractivity contribution < 1.29 is 9.53 Å². The average Bonchev–Trinajstić information content (AvgIpc) is 2.38. The lowest BCUT2D eigenvalue weighted by Gasteiger charge is -2.37. The first-order chi connectivity index (χ1) is 9.39. The van der Waals surface area contributed by atoms with Crippen LogP contribution in [0, 0.1) is 0 Å². The Kier molecular flexibility index (Phi) is 5.26. The van der Waals surface area contributed by atoms with Gasteiger partial charge in [0.05, 0.1) is 11.5 Å². The Labute approximate surface area is 137 Å². The van der Waals surface area contributed by atoms with E-state index < -0.39 is 8.07 Å². The predicted octanol–water partition coefficient (Wildman–Crippen LogP) is 4.31. The quantitative estimate of drug-likeness (QED) is 0.541. The number of hydrogen-bond donors (Lipinski definition) is 0. The maximum Gasteiger partial charge on any atom is 0.306 e. The third-order valence-electron chi connectivity index (χ3n) is 4.06. The third-order valence-corrected chi connectivity index (χ3v) is 8.89. The molecule has 1 aromatic carbocycles. The van der Waals surface area contributed by atoms with E-state index in [-0.39, 0.29) is 12.1 Å². The number of esters is 1. The minimum Gasteiger partial charge on any atom is -0.458 e. The van der Waals surface area contributed by atoms with Crippen LogP contribution in [0.2, 0.25) is 18.6 Å². The molecule has 2 atom stereocenters. The molecule has 1 aliphatic rings. The molecule has 1 heterocycles. The van der Waals surface area contributed by atoms with Crippen molar-refractivity contribution in [3.8, 4) is 0 Å². The van der Waals surface area contributed by atoms with Crippen molar-refractivity contribution in [2.75, 3.05) is 0 Å². The van der Waals surface area contributed by atoms with Crippen molar-refractivity contribution >= 4 is 51.1 Å². The summed E-state index contributed by atoms with van der Waals surface area (Å²) in [6.07, 6.45) is 3.23. The molecule has 0 saturated carbocycles. The van der Waals surface area contributed by atoms with Crippen molar-refractivity contribution in [2.45, 2.75) is 37.6 Å². The molecule has 0 unspecified atom stereocenters. The van der Waals surface area contributed by atoms with Crippen LogP contribution in [-0.4, -0.2) is 20.1 Å². The molecular weight excluding hydrogens is 400 g/mol. The number of carbonyl (C=O) groups is 1. The van der Waals surface area contributed by atoms with Crippen LogP contribution in [0.15, 0.2) is 39.8 Å². The Morgan fingerprint density at radius 2 is 1.95 bits per heavy atom. The Hall–Kier alpha value is -0.393. The number of benzene rings is 1. The van der Waals surface area contributed by atoms with E-state index in [1.165, 1.54) is 5.19 Å². The number of hydrogen-bond acceptors (Lipinski definition) is 2. The van der Waals surface area contributed by atoms with Crippen molar-refractivity contribution in [2.24, 2.45) is 0 Å². The molecule has 1 fully saturated rings. The highest BCUT2D eigenvalue weighted by Crippen LogP contribution is 2.36. The van der Waals surface area contributed by atoms with E-state index in [0.717, 1.165) is 9.81 Å². The van der Waals surface area contributed by atoms with Crippen LogP contribution in [-0.2, 0) is 9.53 Å². The first-order valence-electron chi connectivity index (χ1n) is 6.67. The topological polar surface area (TPSA) is 26.3 Å². The summed E-state index contributed by atoms with van der Waals surface area (Å²) in [7, 11) is -1.67. The minimum atomic E-state index is -1.67. The lowest BCUT2D eigenvalue weighted by molar-refractivity contribution is -0.150. The smallest absolute Gasteiger partial charge is 0.306 e. The molecular formula is C15H18Br2O2Si. The summed E-state index contributed by atoms with van der Waals surface area (Å²) >= 11 is 6.69. The zero-order valence-corrected chi connectivity index (χ0v) is 15.8. The lowest BCUT2D eigenvalue weighted by atomic mass is 10.1. The number of halogens is 2. The predicted molar refractivity (Wildman–Crippen MR) is 92.4 cm³/mol. The second-order valence-corrected chi connectivity index (χ2v) is 13.3. The van der Waals surface area contributed by atoms with Crippen molar-refractivity contribution in [1.29, 1.82) is 0 Å². The molecule has 5 heteroatoms. The standard InChI is InChI=1S/C15H18Br2O2Si/c1-20(2,12-6-4-3-5-7-12)13-8-11(9-14(16)17)19-15(18)10-13/h3-7,9,11,13H,8,10H2,1-2H3/t11-,13+/m0/s1. The molecule has 0 radical (unpaired) electrons. The summed E-state index contributed by atoms with van der Waals surface area (Å²) in [4.78, 5) is 11.9. The third kappa shape index (κ3) is 3.83. The van der Waals surface area contributed by atoms with Gasteiger partial charge < -0.3 is 4.74 Å².